The molecule has 1 unspecified atom stereocenters. The van der Waals surface area contributed by atoms with Crippen LogP contribution >= 0.6 is 0 Å². The fourth-order valence-corrected chi connectivity index (χ4v) is 4.41. The summed E-state index contributed by atoms with van der Waals surface area (Å²) in [6, 6.07) is -0.182. The molecule has 8 heteroatoms. The van der Waals surface area contributed by atoms with E-state index < -0.39 is 12.2 Å². The topological polar surface area (TPSA) is 50.2 Å². The van der Waals surface area contributed by atoms with Crippen LogP contribution in [-0.2, 0) is 10.2 Å². The van der Waals surface area contributed by atoms with Crippen LogP contribution in [0.1, 0.15) is 64.6 Å². The van der Waals surface area contributed by atoms with E-state index in [0.29, 0.717) is 18.1 Å². The first kappa shape index (κ1) is 19.6. The molecule has 1 aromatic rings. The number of amides is 1. The van der Waals surface area contributed by atoms with E-state index in [9.17, 15) is 18.0 Å². The van der Waals surface area contributed by atoms with Crippen molar-refractivity contribution in [2.24, 2.45) is 11.8 Å². The van der Waals surface area contributed by atoms with Crippen LogP contribution in [-0.4, -0.2) is 45.9 Å². The van der Waals surface area contributed by atoms with Gasteiger partial charge in [0.2, 0.25) is 5.91 Å². The summed E-state index contributed by atoms with van der Waals surface area (Å²) in [5.41, 5.74) is 0.329. The van der Waals surface area contributed by atoms with Gasteiger partial charge in [-0.05, 0) is 38.0 Å². The molecule has 2 fully saturated rings. The van der Waals surface area contributed by atoms with Crippen molar-refractivity contribution >= 4 is 11.7 Å². The molecule has 0 radical (unpaired) electrons. The maximum atomic E-state index is 13.8. The molecule has 0 aromatic carbocycles. The molecule has 1 saturated heterocycles. The summed E-state index contributed by atoms with van der Waals surface area (Å²) in [5.74, 6) is 0.807. The number of hydrogen-bond donors (Lipinski definition) is 1. The first-order valence-corrected chi connectivity index (χ1v) is 10.3. The Morgan fingerprint density at radius 1 is 1.21 bits per heavy atom. The zero-order chi connectivity index (χ0) is 20.3. The summed E-state index contributed by atoms with van der Waals surface area (Å²) in [7, 11) is 0. The van der Waals surface area contributed by atoms with Gasteiger partial charge in [0.25, 0.3) is 0 Å². The Bertz CT molecular complexity index is 748. The Balaban J connectivity index is 1.57. The first-order valence-electron chi connectivity index (χ1n) is 10.3. The van der Waals surface area contributed by atoms with Crippen molar-refractivity contribution in [2.75, 3.05) is 18.4 Å². The van der Waals surface area contributed by atoms with Crippen LogP contribution in [0.4, 0.5) is 19.0 Å². The number of carbonyl (C=O) groups is 1. The van der Waals surface area contributed by atoms with Crippen molar-refractivity contribution in [3.8, 4) is 0 Å². The molecule has 0 bridgehead atoms. The highest BCUT2D eigenvalue weighted by molar-refractivity contribution is 5.81. The van der Waals surface area contributed by atoms with E-state index in [2.05, 4.69) is 10.4 Å². The van der Waals surface area contributed by atoms with E-state index in [-0.39, 0.29) is 35.6 Å². The normalized spacial score (nSPS) is 28.6. The first-order chi connectivity index (χ1) is 13.0. The van der Waals surface area contributed by atoms with Gasteiger partial charge < -0.3 is 10.2 Å². The molecular weight excluding hydrogens is 369 g/mol. The third kappa shape index (κ3) is 3.74. The van der Waals surface area contributed by atoms with Crippen LogP contribution in [0.5, 0.6) is 0 Å². The number of anilines is 1. The lowest BCUT2D eigenvalue weighted by atomic mass is 9.85. The van der Waals surface area contributed by atoms with Crippen LogP contribution in [0.15, 0.2) is 6.07 Å². The second-order valence-electron chi connectivity index (χ2n) is 9.61. The Kier molecular flexibility index (Phi) is 4.66. The molecule has 3 heterocycles. The summed E-state index contributed by atoms with van der Waals surface area (Å²) in [6.07, 6.45) is -0.799. The predicted molar refractivity (Wildman–Crippen MR) is 100 cm³/mol. The highest BCUT2D eigenvalue weighted by Crippen LogP contribution is 2.43. The van der Waals surface area contributed by atoms with Gasteiger partial charge in [-0.25, -0.2) is 4.68 Å². The van der Waals surface area contributed by atoms with E-state index >= 15 is 0 Å². The van der Waals surface area contributed by atoms with Crippen molar-refractivity contribution in [2.45, 2.75) is 76.6 Å². The van der Waals surface area contributed by atoms with Crippen molar-refractivity contribution in [1.82, 2.24) is 14.7 Å². The number of alkyl halides is 3. The lowest BCUT2D eigenvalue weighted by molar-refractivity contribution is -0.175. The molecule has 3 atom stereocenters. The second kappa shape index (κ2) is 6.66. The smallest absolute Gasteiger partial charge is 0.367 e. The highest BCUT2D eigenvalue weighted by Gasteiger charge is 2.48. The van der Waals surface area contributed by atoms with E-state index in [1.165, 1.54) is 0 Å². The van der Waals surface area contributed by atoms with Gasteiger partial charge in [0.05, 0.1) is 5.69 Å². The molecule has 4 rings (SSSR count). The lowest BCUT2D eigenvalue weighted by Gasteiger charge is -2.41. The van der Waals surface area contributed by atoms with Crippen molar-refractivity contribution in [3.05, 3.63) is 11.8 Å². The fourth-order valence-electron chi connectivity index (χ4n) is 4.41. The molecule has 156 valence electrons. The quantitative estimate of drug-likeness (QED) is 0.815. The average molecular weight is 398 g/mol. The molecule has 0 spiro atoms. The van der Waals surface area contributed by atoms with E-state index in [4.69, 9.17) is 0 Å². The molecule has 1 amide bonds. The number of fused-ring (bicyclic) bond motifs is 1. The van der Waals surface area contributed by atoms with Crippen LogP contribution in [0, 0.1) is 11.8 Å². The third-order valence-electron chi connectivity index (χ3n) is 6.25. The highest BCUT2D eigenvalue weighted by atomic mass is 19.4. The van der Waals surface area contributed by atoms with Gasteiger partial charge >= 0.3 is 6.18 Å². The van der Waals surface area contributed by atoms with Gasteiger partial charge in [0.15, 0.2) is 6.04 Å². The van der Waals surface area contributed by atoms with Gasteiger partial charge in [-0.3, -0.25) is 4.79 Å². The number of carbonyl (C=O) groups excluding carboxylic acids is 1. The Morgan fingerprint density at radius 2 is 1.93 bits per heavy atom. The van der Waals surface area contributed by atoms with Crippen LogP contribution in [0.2, 0.25) is 0 Å². The minimum Gasteiger partial charge on any atom is -0.367 e. The molecule has 1 aromatic heterocycles. The fraction of sp³-hybridized carbons (Fsp3) is 0.800. The number of halogens is 3. The van der Waals surface area contributed by atoms with Gasteiger partial charge in [-0.15, -0.1) is 0 Å². The average Bonchev–Trinajstić information content (AvgIpc) is 3.36. The molecular formula is C20H29F3N4O. The monoisotopic (exact) mass is 398 g/mol. The number of likely N-dealkylation sites (tertiary alicyclic amines) is 1. The third-order valence-corrected chi connectivity index (χ3v) is 6.25. The number of rotatable bonds is 2. The zero-order valence-corrected chi connectivity index (χ0v) is 16.7. The van der Waals surface area contributed by atoms with Crippen LogP contribution in [0.25, 0.3) is 0 Å². The Labute approximate surface area is 163 Å². The second-order valence-corrected chi connectivity index (χ2v) is 9.61. The Hall–Kier alpha value is -1.73. The summed E-state index contributed by atoms with van der Waals surface area (Å²) < 4.78 is 42.6. The summed E-state index contributed by atoms with van der Waals surface area (Å²) in [6.45, 7) is 7.13. The predicted octanol–water partition coefficient (Wildman–Crippen LogP) is 4.12. The summed E-state index contributed by atoms with van der Waals surface area (Å²) in [5, 5.41) is 7.62. The molecule has 1 saturated carbocycles. The van der Waals surface area contributed by atoms with E-state index in [1.807, 2.05) is 25.7 Å². The van der Waals surface area contributed by atoms with E-state index in [1.54, 1.807) is 6.07 Å². The molecule has 1 N–H and O–H groups in total. The van der Waals surface area contributed by atoms with Crippen molar-refractivity contribution in [3.63, 3.8) is 0 Å². The minimum absolute atomic E-state index is 0.0306. The number of nitrogens with zero attached hydrogens (tertiary/aromatic N) is 3. The van der Waals surface area contributed by atoms with Gasteiger partial charge in [-0.1, -0.05) is 20.8 Å². The Morgan fingerprint density at radius 3 is 2.54 bits per heavy atom. The molecule has 1 aliphatic carbocycles. The lowest BCUT2D eigenvalue weighted by Crippen LogP contribution is -2.49. The van der Waals surface area contributed by atoms with Crippen LogP contribution in [0.3, 0.4) is 0 Å². The van der Waals surface area contributed by atoms with Gasteiger partial charge in [0, 0.05) is 36.5 Å². The molecule has 3 aliphatic rings. The van der Waals surface area contributed by atoms with E-state index in [0.717, 1.165) is 36.9 Å². The standard InChI is InChI=1S/C20H29F3N4O/c1-19(2,3)15-10-17-24-14(9-16(20(21,22)23)27(17)25-15)13-5-4-8-26(11-13)18(28)12-6-7-12/h10,12-14,16,24H,4-9,11H2,1-3H3/t13?,14-,16+/m0/s1. The minimum atomic E-state index is -4.35. The number of aromatic nitrogens is 2. The molecule has 5 nitrogen and oxygen atoms in total. The largest absolute Gasteiger partial charge is 0.410 e. The summed E-state index contributed by atoms with van der Waals surface area (Å²) >= 11 is 0. The van der Waals surface area contributed by atoms with Gasteiger partial charge in [0.1, 0.15) is 5.82 Å². The SMILES string of the molecule is CC(C)(C)c1cc2n(n1)[C@@H](C(F)(F)F)C[C@@H](C1CCCN(C(=O)C3CC3)C1)N2. The number of piperidine rings is 1. The molecule has 28 heavy (non-hydrogen) atoms. The number of hydrogen-bond acceptors (Lipinski definition) is 3. The molecule has 2 aliphatic heterocycles. The van der Waals surface area contributed by atoms with Crippen molar-refractivity contribution < 1.29 is 18.0 Å². The number of nitrogens with one attached hydrogen (secondary N) is 1. The maximum absolute atomic E-state index is 13.8. The van der Waals surface area contributed by atoms with Gasteiger partial charge in [-0.2, -0.15) is 18.3 Å². The maximum Gasteiger partial charge on any atom is 0.410 e. The zero-order valence-electron chi connectivity index (χ0n) is 16.7. The summed E-state index contributed by atoms with van der Waals surface area (Å²) in [4.78, 5) is 14.3. The van der Waals surface area contributed by atoms with Crippen LogP contribution < -0.4 is 5.32 Å². The van der Waals surface area contributed by atoms with Crippen molar-refractivity contribution in [1.29, 1.82) is 0 Å².